The number of anilines is 1. The van der Waals surface area contributed by atoms with Gasteiger partial charge in [-0.2, -0.15) is 5.10 Å². The molecule has 188 valence electrons. The van der Waals surface area contributed by atoms with E-state index < -0.39 is 43.8 Å². The lowest BCUT2D eigenvalue weighted by molar-refractivity contribution is -0.385. The number of nitro benzene ring substituents is 1. The fourth-order valence-electron chi connectivity index (χ4n) is 3.16. The lowest BCUT2D eigenvalue weighted by Crippen LogP contribution is -2.39. The minimum Gasteiger partial charge on any atom is -0.495 e. The van der Waals surface area contributed by atoms with E-state index in [4.69, 9.17) is 16.3 Å². The number of aryl methyl sites for hydroxylation is 1. The highest BCUT2D eigenvalue weighted by molar-refractivity contribution is 7.92. The number of rotatable bonds is 9. The molecule has 1 N–H and O–H groups in total. The van der Waals surface area contributed by atoms with Gasteiger partial charge in [0.05, 0.1) is 28.8 Å². The van der Waals surface area contributed by atoms with Crippen molar-refractivity contribution in [3.63, 3.8) is 0 Å². The van der Waals surface area contributed by atoms with E-state index >= 15 is 0 Å². The molecule has 1 amide bonds. The zero-order chi connectivity index (χ0) is 26.5. The molecule has 3 aromatic rings. The van der Waals surface area contributed by atoms with Crippen molar-refractivity contribution in [2.45, 2.75) is 11.8 Å². The maximum atomic E-state index is 13.6. The first kappa shape index (κ1) is 26.6. The minimum atomic E-state index is -4.53. The lowest BCUT2D eigenvalue weighted by Gasteiger charge is -2.25. The van der Waals surface area contributed by atoms with Crippen LogP contribution >= 0.6 is 11.6 Å². The van der Waals surface area contributed by atoms with Gasteiger partial charge in [-0.3, -0.25) is 19.2 Å². The topological polar surface area (TPSA) is 131 Å². The molecule has 0 atom stereocenters. The van der Waals surface area contributed by atoms with Crippen LogP contribution < -0.4 is 14.5 Å². The van der Waals surface area contributed by atoms with Gasteiger partial charge in [0, 0.05) is 16.7 Å². The second-order valence-corrected chi connectivity index (χ2v) is 9.68. The van der Waals surface area contributed by atoms with Crippen LogP contribution in [0.1, 0.15) is 11.1 Å². The molecule has 0 spiro atoms. The Hall–Kier alpha value is -4.03. The van der Waals surface area contributed by atoms with Gasteiger partial charge in [0.2, 0.25) is 0 Å². The molecule has 0 bridgehead atoms. The summed E-state index contributed by atoms with van der Waals surface area (Å²) in [6, 6.07) is 13.0. The van der Waals surface area contributed by atoms with Crippen LogP contribution in [0.25, 0.3) is 0 Å². The van der Waals surface area contributed by atoms with E-state index in [1.54, 1.807) is 6.07 Å². The van der Waals surface area contributed by atoms with Crippen molar-refractivity contribution in [3.8, 4) is 5.75 Å². The van der Waals surface area contributed by atoms with Gasteiger partial charge in [0.15, 0.2) is 0 Å². The zero-order valence-electron chi connectivity index (χ0n) is 19.0. The highest BCUT2D eigenvalue weighted by Crippen LogP contribution is 2.35. The second kappa shape index (κ2) is 11.1. The van der Waals surface area contributed by atoms with Gasteiger partial charge in [-0.05, 0) is 48.9 Å². The molecule has 0 unspecified atom stereocenters. The van der Waals surface area contributed by atoms with E-state index in [9.17, 15) is 27.7 Å². The van der Waals surface area contributed by atoms with Gasteiger partial charge in [0.25, 0.3) is 21.6 Å². The van der Waals surface area contributed by atoms with Crippen LogP contribution in [0.5, 0.6) is 5.75 Å². The fourth-order valence-corrected chi connectivity index (χ4v) is 4.77. The summed E-state index contributed by atoms with van der Waals surface area (Å²) in [4.78, 5) is 22.9. The Kier molecular flexibility index (Phi) is 8.22. The first-order chi connectivity index (χ1) is 17.0. The van der Waals surface area contributed by atoms with E-state index in [0.29, 0.717) is 9.87 Å². The first-order valence-corrected chi connectivity index (χ1v) is 12.0. The van der Waals surface area contributed by atoms with Crippen LogP contribution in [-0.2, 0) is 14.8 Å². The number of carbonyl (C=O) groups is 1. The molecule has 0 radical (unpaired) electrons. The number of halogens is 2. The Balaban J connectivity index is 2.00. The Morgan fingerprint density at radius 1 is 1.22 bits per heavy atom. The fraction of sp³-hybridized carbons (Fsp3) is 0.130. The SMILES string of the molecule is COc1ccc(Cl)cc1N(CC(=O)N/N=C\c1cccc(F)c1)S(=O)(=O)c1ccc(C)c([N+](=O)[O-])c1. The van der Waals surface area contributed by atoms with Crippen molar-refractivity contribution in [3.05, 3.63) is 92.7 Å². The number of benzene rings is 3. The molecule has 10 nitrogen and oxygen atoms in total. The number of carbonyl (C=O) groups excluding carboxylic acids is 1. The Morgan fingerprint density at radius 3 is 2.64 bits per heavy atom. The number of hydrogen-bond donors (Lipinski definition) is 1. The molecular formula is C23H20ClFN4O6S. The average molecular weight is 535 g/mol. The number of sulfonamides is 1. The molecule has 0 saturated carbocycles. The maximum Gasteiger partial charge on any atom is 0.273 e. The molecule has 0 aliphatic rings. The molecule has 0 aromatic heterocycles. The van der Waals surface area contributed by atoms with E-state index in [1.807, 2.05) is 0 Å². The van der Waals surface area contributed by atoms with E-state index in [-0.39, 0.29) is 22.0 Å². The molecule has 0 aliphatic carbocycles. The Bertz CT molecular complexity index is 1450. The summed E-state index contributed by atoms with van der Waals surface area (Å²) in [5, 5.41) is 15.3. The van der Waals surface area contributed by atoms with E-state index in [2.05, 4.69) is 10.5 Å². The summed E-state index contributed by atoms with van der Waals surface area (Å²) < 4.78 is 46.5. The second-order valence-electron chi connectivity index (χ2n) is 7.38. The number of amides is 1. The molecule has 3 aromatic carbocycles. The van der Waals surface area contributed by atoms with Crippen molar-refractivity contribution in [2.24, 2.45) is 5.10 Å². The van der Waals surface area contributed by atoms with Crippen molar-refractivity contribution >= 4 is 45.1 Å². The molecule has 0 aliphatic heterocycles. The summed E-state index contributed by atoms with van der Waals surface area (Å²) in [6.07, 6.45) is 1.18. The number of nitrogens with zero attached hydrogens (tertiary/aromatic N) is 3. The third-order valence-electron chi connectivity index (χ3n) is 4.91. The molecule has 0 saturated heterocycles. The third kappa shape index (κ3) is 6.15. The Labute approximate surface area is 211 Å². The van der Waals surface area contributed by atoms with Crippen LogP contribution in [-0.4, -0.2) is 39.1 Å². The first-order valence-electron chi connectivity index (χ1n) is 10.2. The summed E-state index contributed by atoms with van der Waals surface area (Å²) >= 11 is 6.08. The van der Waals surface area contributed by atoms with Gasteiger partial charge >= 0.3 is 0 Å². The number of methoxy groups -OCH3 is 1. The lowest BCUT2D eigenvalue weighted by atomic mass is 10.2. The summed E-state index contributed by atoms with van der Waals surface area (Å²) in [5.41, 5.74) is 2.33. The summed E-state index contributed by atoms with van der Waals surface area (Å²) in [6.45, 7) is 0.692. The standard InChI is InChI=1S/C23H20ClFN4O6S/c1-15-6-8-19(12-20(15)29(31)32)36(33,34)28(21-11-17(24)7-9-22(21)35-2)14-23(30)27-26-13-16-4-3-5-18(25)10-16/h3-13H,14H2,1-2H3,(H,27,30)/b26-13-. The zero-order valence-corrected chi connectivity index (χ0v) is 20.6. The number of nitrogens with one attached hydrogen (secondary N) is 1. The van der Waals surface area contributed by atoms with Gasteiger partial charge in [0.1, 0.15) is 18.1 Å². The quantitative estimate of drug-likeness (QED) is 0.250. The van der Waals surface area contributed by atoms with Crippen molar-refractivity contribution in [1.29, 1.82) is 0 Å². The van der Waals surface area contributed by atoms with Crippen LogP contribution in [0, 0.1) is 22.9 Å². The highest BCUT2D eigenvalue weighted by Gasteiger charge is 2.31. The van der Waals surface area contributed by atoms with Gasteiger partial charge in [-0.25, -0.2) is 18.2 Å². The predicted octanol–water partition coefficient (Wildman–Crippen LogP) is 4.05. The normalized spacial score (nSPS) is 11.3. The smallest absolute Gasteiger partial charge is 0.273 e. The number of hydrazone groups is 1. The van der Waals surface area contributed by atoms with Gasteiger partial charge < -0.3 is 4.74 Å². The van der Waals surface area contributed by atoms with Crippen molar-refractivity contribution < 1.29 is 27.3 Å². The monoisotopic (exact) mass is 534 g/mol. The number of ether oxygens (including phenoxy) is 1. The van der Waals surface area contributed by atoms with Gasteiger partial charge in [-0.1, -0.05) is 29.8 Å². The summed E-state index contributed by atoms with van der Waals surface area (Å²) in [5.74, 6) is -1.27. The minimum absolute atomic E-state index is 0.0718. The molecule has 3 rings (SSSR count). The number of hydrogen-bond acceptors (Lipinski definition) is 7. The van der Waals surface area contributed by atoms with Crippen molar-refractivity contribution in [1.82, 2.24) is 5.43 Å². The largest absolute Gasteiger partial charge is 0.495 e. The highest BCUT2D eigenvalue weighted by atomic mass is 35.5. The maximum absolute atomic E-state index is 13.6. The average Bonchev–Trinajstić information content (AvgIpc) is 2.82. The molecule has 0 heterocycles. The Morgan fingerprint density at radius 2 is 1.97 bits per heavy atom. The molecule has 13 heteroatoms. The van der Waals surface area contributed by atoms with Crippen LogP contribution in [0.2, 0.25) is 5.02 Å². The molecule has 36 heavy (non-hydrogen) atoms. The van der Waals surface area contributed by atoms with Crippen LogP contribution in [0.3, 0.4) is 0 Å². The molecule has 0 fully saturated rings. The van der Waals surface area contributed by atoms with Crippen molar-refractivity contribution in [2.75, 3.05) is 18.0 Å². The van der Waals surface area contributed by atoms with Crippen LogP contribution in [0.15, 0.2) is 70.7 Å². The number of nitro groups is 1. The molecular weight excluding hydrogens is 515 g/mol. The van der Waals surface area contributed by atoms with E-state index in [1.165, 1.54) is 68.8 Å². The third-order valence-corrected chi connectivity index (χ3v) is 6.90. The van der Waals surface area contributed by atoms with Gasteiger partial charge in [-0.15, -0.1) is 0 Å². The summed E-state index contributed by atoms with van der Waals surface area (Å²) in [7, 11) is -3.22. The van der Waals surface area contributed by atoms with Crippen LogP contribution in [0.4, 0.5) is 15.8 Å². The van der Waals surface area contributed by atoms with E-state index in [0.717, 1.165) is 6.07 Å². The predicted molar refractivity (Wildman–Crippen MR) is 133 cm³/mol.